The lowest BCUT2D eigenvalue weighted by atomic mass is 9.80. The van der Waals surface area contributed by atoms with Gasteiger partial charge in [0.2, 0.25) is 17.7 Å². The maximum absolute atomic E-state index is 14.1. The van der Waals surface area contributed by atoms with E-state index in [9.17, 15) is 19.2 Å². The molecular formula is C40H65N3O6. The van der Waals surface area contributed by atoms with Crippen LogP contribution in [0, 0.1) is 29.1 Å². The zero-order valence-electron chi connectivity index (χ0n) is 32.2. The Morgan fingerprint density at radius 1 is 1.00 bits per heavy atom. The van der Waals surface area contributed by atoms with Gasteiger partial charge in [0.25, 0.3) is 0 Å². The molecule has 1 aliphatic heterocycles. The summed E-state index contributed by atoms with van der Waals surface area (Å²) in [4.78, 5) is 58.3. The van der Waals surface area contributed by atoms with Crippen molar-refractivity contribution < 1.29 is 28.7 Å². The number of likely N-dealkylation sites (tertiary alicyclic amines) is 1. The zero-order chi connectivity index (χ0) is 36.7. The third-order valence-electron chi connectivity index (χ3n) is 11.5. The van der Waals surface area contributed by atoms with Crippen molar-refractivity contribution in [3.63, 3.8) is 0 Å². The molecule has 276 valence electrons. The first-order valence-corrected chi connectivity index (χ1v) is 18.5. The molecule has 0 aromatic heterocycles. The average molecular weight is 684 g/mol. The summed E-state index contributed by atoms with van der Waals surface area (Å²) >= 11 is 0. The molecule has 1 aromatic carbocycles. The van der Waals surface area contributed by atoms with Gasteiger partial charge in [0, 0.05) is 57.5 Å². The van der Waals surface area contributed by atoms with Crippen molar-refractivity contribution in [2.24, 2.45) is 29.1 Å². The summed E-state index contributed by atoms with van der Waals surface area (Å²) < 4.78 is 12.0. The smallest absolute Gasteiger partial charge is 0.226 e. The number of nitrogens with zero attached hydrogens (tertiary/aromatic N) is 2. The van der Waals surface area contributed by atoms with E-state index in [2.05, 4.69) is 31.3 Å². The Labute approximate surface area is 296 Å². The lowest BCUT2D eigenvalue weighted by Gasteiger charge is -2.41. The van der Waals surface area contributed by atoms with E-state index in [0.29, 0.717) is 13.1 Å². The first-order chi connectivity index (χ1) is 23.0. The molecule has 1 saturated heterocycles. The number of amides is 3. The molecule has 9 heteroatoms. The summed E-state index contributed by atoms with van der Waals surface area (Å²) in [5.74, 6) is -1.05. The lowest BCUT2D eigenvalue weighted by Crippen LogP contribution is -2.54. The molecule has 0 bridgehead atoms. The molecule has 0 unspecified atom stereocenters. The number of Topliss-reactive ketones (excluding diaryl/α,β-unsaturated/α-hetero) is 1. The molecule has 0 spiro atoms. The number of ketones is 1. The van der Waals surface area contributed by atoms with E-state index in [4.69, 9.17) is 9.47 Å². The fraction of sp³-hybridized carbons (Fsp3) is 0.750. The first kappa shape index (κ1) is 40.6. The number of hydrogen-bond acceptors (Lipinski definition) is 6. The number of nitrogens with one attached hydrogen (secondary N) is 1. The topological polar surface area (TPSA) is 105 Å². The van der Waals surface area contributed by atoms with Gasteiger partial charge in [0.15, 0.2) is 0 Å². The van der Waals surface area contributed by atoms with Crippen LogP contribution in [-0.2, 0) is 34.1 Å². The number of rotatable bonds is 18. The standard InChI is InChI=1S/C40H65N3O6/c1-12-27(4)35(42(9)38(47)30(26(2)3)23-33(44)39(6,7)8)32(48-10)24-34(45)43-22-16-19-31(43)36(49-11)28(5)37(46)41-25-40(20-21-40)29-17-14-13-15-18-29/h13-15,17-18,26-28,30-32,35-36H,12,16,19-25H2,1-11H3,(H,41,46)/t27-,28+,30-,31-,32+,35-,36+/m0/s1. The lowest BCUT2D eigenvalue weighted by molar-refractivity contribution is -0.149. The Morgan fingerprint density at radius 2 is 1.63 bits per heavy atom. The highest BCUT2D eigenvalue weighted by Gasteiger charge is 2.46. The van der Waals surface area contributed by atoms with Gasteiger partial charge in [-0.15, -0.1) is 0 Å². The largest absolute Gasteiger partial charge is 0.379 e. The predicted octanol–water partition coefficient (Wildman–Crippen LogP) is 6.03. The molecule has 1 N–H and O–H groups in total. The average Bonchev–Trinajstić information content (AvgIpc) is 3.72. The van der Waals surface area contributed by atoms with Gasteiger partial charge < -0.3 is 24.6 Å². The summed E-state index contributed by atoms with van der Waals surface area (Å²) in [6.45, 7) is 16.8. The molecule has 2 fully saturated rings. The van der Waals surface area contributed by atoms with Gasteiger partial charge in [0.1, 0.15) is 5.78 Å². The zero-order valence-corrected chi connectivity index (χ0v) is 32.2. The molecule has 1 aromatic rings. The maximum atomic E-state index is 14.1. The first-order valence-electron chi connectivity index (χ1n) is 18.5. The Bertz CT molecular complexity index is 1260. The van der Waals surface area contributed by atoms with Crippen LogP contribution in [0.15, 0.2) is 30.3 Å². The van der Waals surface area contributed by atoms with E-state index in [1.807, 2.05) is 64.6 Å². The molecule has 3 rings (SSSR count). The van der Waals surface area contributed by atoms with Gasteiger partial charge >= 0.3 is 0 Å². The van der Waals surface area contributed by atoms with Gasteiger partial charge in [-0.05, 0) is 43.1 Å². The highest BCUT2D eigenvalue weighted by molar-refractivity contribution is 5.90. The van der Waals surface area contributed by atoms with E-state index < -0.39 is 29.5 Å². The second-order valence-corrected chi connectivity index (χ2v) is 16.2. The predicted molar refractivity (Wildman–Crippen MR) is 194 cm³/mol. The van der Waals surface area contributed by atoms with Crippen LogP contribution in [0.3, 0.4) is 0 Å². The van der Waals surface area contributed by atoms with Crippen LogP contribution >= 0.6 is 0 Å². The van der Waals surface area contributed by atoms with Crippen LogP contribution < -0.4 is 5.32 Å². The van der Waals surface area contributed by atoms with Crippen LogP contribution in [0.5, 0.6) is 0 Å². The van der Waals surface area contributed by atoms with Gasteiger partial charge in [-0.2, -0.15) is 0 Å². The third-order valence-corrected chi connectivity index (χ3v) is 11.5. The van der Waals surface area contributed by atoms with Gasteiger partial charge in [-0.3, -0.25) is 19.2 Å². The van der Waals surface area contributed by atoms with Crippen molar-refractivity contribution in [2.75, 3.05) is 34.4 Å². The van der Waals surface area contributed by atoms with Crippen LogP contribution in [0.4, 0.5) is 0 Å². The SMILES string of the molecule is CC[C@H](C)[C@@H]([C@@H](CC(=O)N1CCC[C@H]1[C@H](OC)[C@@H](C)C(=O)NCC1(c2ccccc2)CC1)OC)N(C)C(=O)[C@@H](CC(=O)C(C)(C)C)C(C)C. The monoisotopic (exact) mass is 683 g/mol. The van der Waals surface area contributed by atoms with Crippen molar-refractivity contribution in [1.29, 1.82) is 0 Å². The summed E-state index contributed by atoms with van der Waals surface area (Å²) in [6.07, 6.45) is 3.75. The van der Waals surface area contributed by atoms with Crippen molar-refractivity contribution in [3.8, 4) is 0 Å². The molecule has 9 nitrogen and oxygen atoms in total. The minimum atomic E-state index is -0.543. The van der Waals surface area contributed by atoms with Gasteiger partial charge in [0.05, 0.1) is 36.6 Å². The Balaban J connectivity index is 1.73. The van der Waals surface area contributed by atoms with E-state index >= 15 is 0 Å². The number of methoxy groups -OCH3 is 2. The third kappa shape index (κ3) is 9.93. The van der Waals surface area contributed by atoms with Crippen molar-refractivity contribution in [3.05, 3.63) is 35.9 Å². The minimum absolute atomic E-state index is 0.00174. The molecule has 3 amide bonds. The maximum Gasteiger partial charge on any atom is 0.226 e. The van der Waals surface area contributed by atoms with E-state index in [-0.39, 0.29) is 65.7 Å². The van der Waals surface area contributed by atoms with Gasteiger partial charge in [-0.1, -0.05) is 92.1 Å². The molecule has 2 aliphatic rings. The summed E-state index contributed by atoms with van der Waals surface area (Å²) in [5.41, 5.74) is 0.727. The molecule has 49 heavy (non-hydrogen) atoms. The van der Waals surface area contributed by atoms with Crippen molar-refractivity contribution in [2.45, 2.75) is 130 Å². The molecule has 1 saturated carbocycles. The second-order valence-electron chi connectivity index (χ2n) is 16.2. The summed E-state index contributed by atoms with van der Waals surface area (Å²) in [6, 6.07) is 9.75. The minimum Gasteiger partial charge on any atom is -0.379 e. The number of benzene rings is 1. The highest BCUT2D eigenvalue weighted by atomic mass is 16.5. The molecular weight excluding hydrogens is 618 g/mol. The molecule has 7 atom stereocenters. The number of hydrogen-bond donors (Lipinski definition) is 1. The fourth-order valence-electron chi connectivity index (χ4n) is 7.61. The van der Waals surface area contributed by atoms with Crippen molar-refractivity contribution >= 4 is 23.5 Å². The van der Waals surface area contributed by atoms with Crippen LogP contribution in [0.25, 0.3) is 0 Å². The Hall–Kier alpha value is -2.78. The Kier molecular flexibility index (Phi) is 14.5. The quantitative estimate of drug-likeness (QED) is 0.203. The summed E-state index contributed by atoms with van der Waals surface area (Å²) in [5, 5.41) is 3.20. The van der Waals surface area contributed by atoms with Crippen LogP contribution in [0.1, 0.15) is 106 Å². The number of likely N-dealkylation sites (N-methyl/N-ethyl adjacent to an activating group) is 1. The van der Waals surface area contributed by atoms with E-state index in [1.54, 1.807) is 26.2 Å². The van der Waals surface area contributed by atoms with E-state index in [0.717, 1.165) is 32.1 Å². The molecule has 1 aliphatic carbocycles. The molecule has 1 heterocycles. The molecule has 0 radical (unpaired) electrons. The highest BCUT2D eigenvalue weighted by Crippen LogP contribution is 2.47. The van der Waals surface area contributed by atoms with Crippen LogP contribution in [0.2, 0.25) is 0 Å². The Morgan fingerprint density at radius 3 is 2.14 bits per heavy atom. The van der Waals surface area contributed by atoms with Crippen LogP contribution in [-0.4, -0.2) is 92.0 Å². The fourth-order valence-corrected chi connectivity index (χ4v) is 7.61. The van der Waals surface area contributed by atoms with Gasteiger partial charge in [-0.25, -0.2) is 0 Å². The summed E-state index contributed by atoms with van der Waals surface area (Å²) in [7, 11) is 5.01. The second kappa shape index (κ2) is 17.4. The number of ether oxygens (including phenoxy) is 2. The van der Waals surface area contributed by atoms with Crippen molar-refractivity contribution in [1.82, 2.24) is 15.1 Å². The normalized spacial score (nSPS) is 21.0. The number of carbonyl (C=O) groups is 4. The van der Waals surface area contributed by atoms with E-state index in [1.165, 1.54) is 5.56 Å². The number of carbonyl (C=O) groups excluding carboxylic acids is 4.